The Morgan fingerprint density at radius 1 is 1.06 bits per heavy atom. The molecule has 0 N–H and O–H groups in total. The molecule has 1 aromatic carbocycles. The second-order valence-electron chi connectivity index (χ2n) is 4.76. The van der Waals surface area contributed by atoms with Crippen LogP contribution in [0.5, 0.6) is 0 Å². The maximum atomic E-state index is 8.68. The number of likely N-dealkylation sites (tertiary alicyclic amines) is 1. The van der Waals surface area contributed by atoms with Gasteiger partial charge in [-0.1, -0.05) is 30.7 Å². The van der Waals surface area contributed by atoms with Crippen LogP contribution in [0.4, 0.5) is 0 Å². The molecule has 0 radical (unpaired) electrons. The minimum atomic E-state index is 0.622. The fourth-order valence-corrected chi connectivity index (χ4v) is 2.50. The van der Waals surface area contributed by atoms with E-state index in [1.165, 1.54) is 43.5 Å². The molecule has 1 fully saturated rings. The molecular weight excluding hydrogens is 208 g/mol. The number of nitriles is 1. The first-order chi connectivity index (χ1) is 8.40. The Labute approximate surface area is 104 Å². The smallest absolute Gasteiger partial charge is 0.0625 e. The molecule has 0 bridgehead atoms. The van der Waals surface area contributed by atoms with E-state index in [9.17, 15) is 0 Å². The number of aryl methyl sites for hydroxylation is 1. The predicted molar refractivity (Wildman–Crippen MR) is 69.5 cm³/mol. The topological polar surface area (TPSA) is 27.0 Å². The summed E-state index contributed by atoms with van der Waals surface area (Å²) in [5.74, 6) is 0. The van der Waals surface area contributed by atoms with E-state index in [1.807, 2.05) is 0 Å². The fourth-order valence-electron chi connectivity index (χ4n) is 2.50. The van der Waals surface area contributed by atoms with E-state index in [-0.39, 0.29) is 0 Å². The molecule has 2 heteroatoms. The van der Waals surface area contributed by atoms with Crippen molar-refractivity contribution in [3.05, 3.63) is 35.4 Å². The van der Waals surface area contributed by atoms with Crippen LogP contribution in [-0.4, -0.2) is 18.0 Å². The second-order valence-corrected chi connectivity index (χ2v) is 4.76. The lowest BCUT2D eigenvalue weighted by molar-refractivity contribution is 0.220. The van der Waals surface area contributed by atoms with E-state index < -0.39 is 0 Å². The third kappa shape index (κ3) is 3.57. The lowest BCUT2D eigenvalue weighted by Gasteiger charge is -2.27. The summed E-state index contributed by atoms with van der Waals surface area (Å²) in [6.45, 7) is 3.51. The number of rotatable bonds is 4. The van der Waals surface area contributed by atoms with Crippen LogP contribution in [0.15, 0.2) is 24.3 Å². The number of piperidine rings is 1. The van der Waals surface area contributed by atoms with Gasteiger partial charge in [-0.2, -0.15) is 5.26 Å². The molecule has 0 aliphatic carbocycles. The van der Waals surface area contributed by atoms with Crippen molar-refractivity contribution >= 4 is 0 Å². The van der Waals surface area contributed by atoms with Crippen LogP contribution in [0.3, 0.4) is 0 Å². The first kappa shape index (κ1) is 12.1. The van der Waals surface area contributed by atoms with Gasteiger partial charge in [0.25, 0.3) is 0 Å². The Morgan fingerprint density at radius 2 is 1.76 bits per heavy atom. The van der Waals surface area contributed by atoms with Crippen LogP contribution < -0.4 is 0 Å². The van der Waals surface area contributed by atoms with E-state index in [0.717, 1.165) is 13.0 Å². The minimum Gasteiger partial charge on any atom is -0.299 e. The van der Waals surface area contributed by atoms with Gasteiger partial charge in [-0.3, -0.25) is 4.90 Å². The van der Waals surface area contributed by atoms with Crippen LogP contribution in [0.25, 0.3) is 0 Å². The van der Waals surface area contributed by atoms with Crippen molar-refractivity contribution < 1.29 is 0 Å². The summed E-state index contributed by atoms with van der Waals surface area (Å²) < 4.78 is 0. The van der Waals surface area contributed by atoms with Crippen molar-refractivity contribution in [2.45, 2.75) is 38.6 Å². The number of hydrogen-bond acceptors (Lipinski definition) is 2. The average Bonchev–Trinajstić information content (AvgIpc) is 2.39. The third-order valence-electron chi connectivity index (χ3n) is 3.47. The lowest BCUT2D eigenvalue weighted by atomic mass is 10.0. The Bertz CT molecular complexity index is 386. The molecule has 0 saturated carbocycles. The van der Waals surface area contributed by atoms with Crippen molar-refractivity contribution in [1.82, 2.24) is 4.90 Å². The molecule has 0 atom stereocenters. The zero-order chi connectivity index (χ0) is 11.9. The number of hydrogen-bond donors (Lipinski definition) is 0. The first-order valence-electron chi connectivity index (χ1n) is 6.56. The Balaban J connectivity index is 2.01. The van der Waals surface area contributed by atoms with Crippen LogP contribution in [0.1, 0.15) is 36.8 Å². The summed E-state index contributed by atoms with van der Waals surface area (Å²) in [6, 6.07) is 10.8. The highest BCUT2D eigenvalue weighted by Gasteiger charge is 2.11. The van der Waals surface area contributed by atoms with E-state index in [0.29, 0.717) is 6.42 Å². The van der Waals surface area contributed by atoms with Crippen LogP contribution in [0.2, 0.25) is 0 Å². The number of nitrogens with zero attached hydrogens (tertiary/aromatic N) is 2. The van der Waals surface area contributed by atoms with Crippen LogP contribution in [-0.2, 0) is 13.0 Å². The Morgan fingerprint density at radius 3 is 2.47 bits per heavy atom. The van der Waals surface area contributed by atoms with Crippen LogP contribution in [0, 0.1) is 11.3 Å². The van der Waals surface area contributed by atoms with Crippen LogP contribution >= 0.6 is 0 Å². The van der Waals surface area contributed by atoms with E-state index >= 15 is 0 Å². The number of benzene rings is 1. The highest BCUT2D eigenvalue weighted by atomic mass is 15.1. The Hall–Kier alpha value is -1.33. The Kier molecular flexibility index (Phi) is 4.58. The standard InChI is InChI=1S/C15H20N2/c16-10-6-9-14-7-2-3-8-15(14)13-17-11-4-1-5-12-17/h2-3,7-8H,1,4-6,9,11-13H2. The van der Waals surface area contributed by atoms with Gasteiger partial charge in [0.2, 0.25) is 0 Å². The van der Waals surface area contributed by atoms with Crippen molar-refractivity contribution in [2.75, 3.05) is 13.1 Å². The van der Waals surface area contributed by atoms with E-state index in [4.69, 9.17) is 5.26 Å². The van der Waals surface area contributed by atoms with Gasteiger partial charge in [0.1, 0.15) is 0 Å². The maximum absolute atomic E-state index is 8.68. The van der Waals surface area contributed by atoms with Crippen molar-refractivity contribution in [1.29, 1.82) is 5.26 Å². The monoisotopic (exact) mass is 228 g/mol. The summed E-state index contributed by atoms with van der Waals surface area (Å²) in [7, 11) is 0. The van der Waals surface area contributed by atoms with E-state index in [1.54, 1.807) is 0 Å². The fraction of sp³-hybridized carbons (Fsp3) is 0.533. The molecule has 2 rings (SSSR count). The zero-order valence-electron chi connectivity index (χ0n) is 10.4. The summed E-state index contributed by atoms with van der Waals surface area (Å²) >= 11 is 0. The lowest BCUT2D eigenvalue weighted by Crippen LogP contribution is -2.29. The first-order valence-corrected chi connectivity index (χ1v) is 6.56. The second kappa shape index (κ2) is 6.42. The highest BCUT2D eigenvalue weighted by Crippen LogP contribution is 2.17. The molecule has 1 aromatic rings. The van der Waals surface area contributed by atoms with Crippen molar-refractivity contribution in [2.24, 2.45) is 0 Å². The van der Waals surface area contributed by atoms with E-state index in [2.05, 4.69) is 35.2 Å². The summed E-state index contributed by atoms with van der Waals surface area (Å²) in [5, 5.41) is 8.68. The molecule has 17 heavy (non-hydrogen) atoms. The largest absolute Gasteiger partial charge is 0.299 e. The van der Waals surface area contributed by atoms with Gasteiger partial charge < -0.3 is 0 Å². The van der Waals surface area contributed by atoms with Crippen molar-refractivity contribution in [3.63, 3.8) is 0 Å². The third-order valence-corrected chi connectivity index (χ3v) is 3.47. The molecule has 1 aliphatic rings. The van der Waals surface area contributed by atoms with Gasteiger partial charge in [0.15, 0.2) is 0 Å². The van der Waals surface area contributed by atoms with Gasteiger partial charge in [0.05, 0.1) is 6.07 Å². The summed E-state index contributed by atoms with van der Waals surface area (Å²) in [4.78, 5) is 2.54. The summed E-state index contributed by atoms with van der Waals surface area (Å²) in [6.07, 6.45) is 5.56. The molecular formula is C15H20N2. The predicted octanol–water partition coefficient (Wildman–Crippen LogP) is 3.13. The molecule has 1 aliphatic heterocycles. The molecule has 0 unspecified atom stereocenters. The molecule has 0 spiro atoms. The maximum Gasteiger partial charge on any atom is 0.0625 e. The molecule has 2 nitrogen and oxygen atoms in total. The molecule has 90 valence electrons. The van der Waals surface area contributed by atoms with Gasteiger partial charge in [-0.25, -0.2) is 0 Å². The normalized spacial score (nSPS) is 16.6. The highest BCUT2D eigenvalue weighted by molar-refractivity contribution is 5.27. The van der Waals surface area contributed by atoms with Gasteiger partial charge in [0, 0.05) is 13.0 Å². The minimum absolute atomic E-state index is 0.622. The van der Waals surface area contributed by atoms with Gasteiger partial charge >= 0.3 is 0 Å². The molecule has 0 amide bonds. The average molecular weight is 228 g/mol. The molecule has 1 saturated heterocycles. The zero-order valence-corrected chi connectivity index (χ0v) is 10.4. The SMILES string of the molecule is N#CCCc1ccccc1CN1CCCCC1. The van der Waals surface area contributed by atoms with Crippen molar-refractivity contribution in [3.8, 4) is 6.07 Å². The quantitative estimate of drug-likeness (QED) is 0.791. The van der Waals surface area contributed by atoms with Gasteiger partial charge in [-0.15, -0.1) is 0 Å². The summed E-state index contributed by atoms with van der Waals surface area (Å²) in [5.41, 5.74) is 2.75. The van der Waals surface area contributed by atoms with Gasteiger partial charge in [-0.05, 0) is 43.5 Å². The molecule has 0 aromatic heterocycles. The molecule has 1 heterocycles.